The molecule has 2 N–H and O–H groups in total. The molecule has 75 heavy (non-hydrogen) atoms. The van der Waals surface area contributed by atoms with Gasteiger partial charge < -0.3 is 9.97 Å². The van der Waals surface area contributed by atoms with Crippen LogP contribution in [-0.2, 0) is 0 Å². The van der Waals surface area contributed by atoms with Crippen LogP contribution in [0, 0.1) is 0 Å². The lowest BCUT2D eigenvalue weighted by atomic mass is 10.0. The summed E-state index contributed by atoms with van der Waals surface area (Å²) < 4.78 is 0. The molecular weight excluding hydrogens is 1100 g/mol. The standard InChI is InChI=1S/C60H101N3Si12/c1-64(2,3)73(65(4,5)6,66(7,8)9)49-34-28-46(29-35-49)58-52-40-42-54(61-52)59(47-30-36-50(37-31-47)74(67(10,11)12,68(13,14)15)69(16,17)18)56-44-45-57(63-56)60(55-43-41-53(58)62-55)48-32-38-51(39-33-48)75(70(19,20)21,71(22,23)24)72(25,26)27/h28-45,61-62H,1-27H3. The van der Waals surface area contributed by atoms with Crippen molar-refractivity contribution in [3.05, 3.63) is 108 Å². The monoisotopic (exact) mass is 1200 g/mol. The van der Waals surface area contributed by atoms with Crippen molar-refractivity contribution in [2.75, 3.05) is 0 Å². The van der Waals surface area contributed by atoms with E-state index in [0.29, 0.717) is 0 Å². The molecule has 404 valence electrons. The average Bonchev–Trinajstić information content (AvgIpc) is 3.99. The van der Waals surface area contributed by atoms with Gasteiger partial charge in [-0.15, -0.1) is 0 Å². The van der Waals surface area contributed by atoms with Gasteiger partial charge in [-0.1, -0.05) is 265 Å². The van der Waals surface area contributed by atoms with Crippen LogP contribution >= 0.6 is 0 Å². The maximum atomic E-state index is 5.72. The minimum absolute atomic E-state index is 1.02. The van der Waals surface area contributed by atoms with Crippen LogP contribution in [-0.4, -0.2) is 103 Å². The van der Waals surface area contributed by atoms with Gasteiger partial charge >= 0.3 is 0 Å². The fraction of sp³-hybridized carbons (Fsp3) is 0.450. The number of H-pyrrole nitrogens is 2. The van der Waals surface area contributed by atoms with E-state index in [1.165, 1.54) is 33.4 Å². The Morgan fingerprint density at radius 1 is 0.240 bits per heavy atom. The maximum absolute atomic E-state index is 5.72. The van der Waals surface area contributed by atoms with E-state index in [4.69, 9.17) is 4.98 Å². The molecule has 3 nitrogen and oxygen atoms in total. The van der Waals surface area contributed by atoms with Gasteiger partial charge in [0.1, 0.15) is 0 Å². The van der Waals surface area contributed by atoms with E-state index in [-0.39, 0.29) is 0 Å². The van der Waals surface area contributed by atoms with Crippen LogP contribution in [0.2, 0.25) is 177 Å². The highest BCUT2D eigenvalue weighted by molar-refractivity contribution is 7.94. The Kier molecular flexibility index (Phi) is 15.7. The molecule has 1 aliphatic rings. The van der Waals surface area contributed by atoms with Gasteiger partial charge in [-0.3, -0.25) is 0 Å². The average molecular weight is 1200 g/mol. The molecule has 0 amide bonds. The summed E-state index contributed by atoms with van der Waals surface area (Å²) >= 11 is 0. The summed E-state index contributed by atoms with van der Waals surface area (Å²) in [6, 6.07) is 40.0. The van der Waals surface area contributed by atoms with Crippen molar-refractivity contribution < 1.29 is 0 Å². The van der Waals surface area contributed by atoms with Gasteiger partial charge in [0.15, 0.2) is 0 Å². The molecule has 0 aliphatic carbocycles. The second-order valence-electron chi connectivity index (χ2n) is 32.1. The lowest BCUT2D eigenvalue weighted by molar-refractivity contribution is 1.32. The topological polar surface area (TPSA) is 44.5 Å². The maximum Gasteiger partial charge on any atom is 0.0737 e. The van der Waals surface area contributed by atoms with E-state index in [9.17, 15) is 0 Å². The van der Waals surface area contributed by atoms with E-state index in [1.807, 2.05) is 0 Å². The Labute approximate surface area is 467 Å². The third kappa shape index (κ3) is 9.68. The van der Waals surface area contributed by atoms with Gasteiger partial charge in [-0.2, -0.15) is 0 Å². The highest BCUT2D eigenvalue weighted by Gasteiger charge is 2.65. The first-order chi connectivity index (χ1) is 33.9. The zero-order valence-electron chi connectivity index (χ0n) is 52.3. The predicted octanol–water partition coefficient (Wildman–Crippen LogP) is 17.4. The van der Waals surface area contributed by atoms with Crippen LogP contribution in [0.4, 0.5) is 0 Å². The lowest BCUT2D eigenvalue weighted by Gasteiger charge is -2.57. The van der Waals surface area contributed by atoms with Crippen LogP contribution in [0.3, 0.4) is 0 Å². The first-order valence-electron chi connectivity index (χ1n) is 28.4. The van der Waals surface area contributed by atoms with E-state index in [1.54, 1.807) is 15.6 Å². The third-order valence-electron chi connectivity index (χ3n) is 18.5. The zero-order valence-corrected chi connectivity index (χ0v) is 64.3. The van der Waals surface area contributed by atoms with Crippen molar-refractivity contribution in [3.8, 4) is 33.4 Å². The number of hydrogen-bond donors (Lipinski definition) is 2. The Balaban J connectivity index is 1.58. The van der Waals surface area contributed by atoms with Crippen LogP contribution in [0.25, 0.3) is 67.6 Å². The van der Waals surface area contributed by atoms with E-state index < -0.39 is 88.2 Å². The zero-order chi connectivity index (χ0) is 56.5. The summed E-state index contributed by atoms with van der Waals surface area (Å²) in [7, 11) is -14.1. The largest absolute Gasteiger partial charge is 0.354 e. The number of nitrogens with one attached hydrogen (secondary N) is 2. The Morgan fingerprint density at radius 2 is 0.427 bits per heavy atom. The molecule has 15 heteroatoms. The smallest absolute Gasteiger partial charge is 0.0737 e. The minimum atomic E-state index is -1.81. The second-order valence-corrected chi connectivity index (χ2v) is 153. The number of aromatic amines is 2. The first kappa shape index (κ1) is 60.4. The Morgan fingerprint density at radius 3 is 0.627 bits per heavy atom. The SMILES string of the molecule is C[Si](C)(C)[Si](c1ccc(-c2c3nc(c(-c4ccc([Si]([Si](C)(C)C)([Si](C)(C)C)[Si](C)(C)C)cc4)c4ccc([nH]4)c(-c4ccc([Si]([Si](C)(C)C)([Si](C)(C)C)[Si](C)(C)C)cc4)c4ccc2[nH]4)C=C3)cc1)([Si](C)(C)C)[Si](C)(C)C. The van der Waals surface area contributed by atoms with Gasteiger partial charge in [0.25, 0.3) is 0 Å². The molecule has 0 unspecified atom stereocenters. The first-order valence-corrected chi connectivity index (χ1v) is 74.9. The number of aromatic nitrogens is 3. The summed E-state index contributed by atoms with van der Waals surface area (Å²) in [6.45, 7) is 67.8. The number of rotatable bonds is 15. The summed E-state index contributed by atoms with van der Waals surface area (Å²) in [5.74, 6) is 0. The molecule has 4 heterocycles. The number of hydrogen-bond acceptors (Lipinski definition) is 1. The van der Waals surface area contributed by atoms with Crippen molar-refractivity contribution in [2.24, 2.45) is 0 Å². The van der Waals surface area contributed by atoms with Crippen LogP contribution in [0.1, 0.15) is 11.4 Å². The van der Waals surface area contributed by atoms with Gasteiger partial charge in [-0.05, 0) is 53.1 Å². The van der Waals surface area contributed by atoms with Gasteiger partial charge in [0.05, 0.1) is 31.3 Å². The van der Waals surface area contributed by atoms with E-state index >= 15 is 0 Å². The normalized spacial score (nSPS) is 14.8. The second kappa shape index (κ2) is 19.5. The molecule has 0 spiro atoms. The molecule has 0 atom stereocenters. The Bertz CT molecular complexity index is 2920. The number of fused-ring (bicyclic) bond motifs is 6. The minimum Gasteiger partial charge on any atom is -0.354 e. The molecular formula is C60H101N3Si12. The third-order valence-corrected chi connectivity index (χ3v) is 232. The van der Waals surface area contributed by atoms with Crippen molar-refractivity contribution in [3.63, 3.8) is 0 Å². The molecule has 3 aromatic heterocycles. The molecule has 7 rings (SSSR count). The van der Waals surface area contributed by atoms with Gasteiger partial charge in [0.2, 0.25) is 0 Å². The summed E-state index contributed by atoms with van der Waals surface area (Å²) in [5.41, 5.74) is 13.9. The summed E-state index contributed by atoms with van der Waals surface area (Å²) in [4.78, 5) is 13.9. The van der Waals surface area contributed by atoms with Crippen molar-refractivity contribution in [1.82, 2.24) is 15.0 Å². The van der Waals surface area contributed by atoms with Gasteiger partial charge in [0, 0.05) is 107 Å². The van der Waals surface area contributed by atoms with Crippen molar-refractivity contribution >= 4 is 138 Å². The van der Waals surface area contributed by atoms with Gasteiger partial charge in [-0.25, -0.2) is 4.98 Å². The molecule has 0 fully saturated rings. The van der Waals surface area contributed by atoms with Crippen LogP contribution in [0.5, 0.6) is 0 Å². The van der Waals surface area contributed by atoms with E-state index in [0.717, 1.165) is 33.5 Å². The molecule has 1 aliphatic heterocycles. The fourth-order valence-electron chi connectivity index (χ4n) is 20.0. The Hall–Kier alpha value is -2.29. The lowest BCUT2D eigenvalue weighted by Crippen LogP contribution is -2.88. The quantitative estimate of drug-likeness (QED) is 0.0988. The molecule has 6 bridgehead atoms. The fourth-order valence-corrected chi connectivity index (χ4v) is 321. The number of nitrogens with zero attached hydrogens (tertiary/aromatic N) is 1. The molecule has 0 saturated carbocycles. The predicted molar refractivity (Wildman–Crippen MR) is 377 cm³/mol. The van der Waals surface area contributed by atoms with Crippen molar-refractivity contribution in [1.29, 1.82) is 0 Å². The summed E-state index contributed by atoms with van der Waals surface area (Å²) in [5, 5.41) is 5.16. The molecule has 6 aromatic rings. The number of benzene rings is 3. The molecule has 3 aromatic carbocycles. The molecule has 0 radical (unpaired) electrons. The van der Waals surface area contributed by atoms with Crippen molar-refractivity contribution in [2.45, 2.75) is 177 Å². The summed E-state index contributed by atoms with van der Waals surface area (Å²) in [6.07, 6.45) is 4.60. The molecule has 0 saturated heterocycles. The van der Waals surface area contributed by atoms with E-state index in [2.05, 4.69) is 296 Å². The van der Waals surface area contributed by atoms with Crippen LogP contribution < -0.4 is 15.6 Å². The van der Waals surface area contributed by atoms with Crippen LogP contribution in [0.15, 0.2) is 97.1 Å². The highest BCUT2D eigenvalue weighted by Crippen LogP contribution is 2.43. The highest BCUT2D eigenvalue weighted by atomic mass is 29.9.